The van der Waals surface area contributed by atoms with Crippen LogP contribution in [-0.4, -0.2) is 46.8 Å². The Morgan fingerprint density at radius 3 is 2.64 bits per heavy atom. The first-order chi connectivity index (χ1) is 20.5. The molecule has 2 aliphatic heterocycles. The number of aliphatic hydroxyl groups excluding tert-OH is 1. The van der Waals surface area contributed by atoms with Crippen LogP contribution >= 0.6 is 23.1 Å². The van der Waals surface area contributed by atoms with Gasteiger partial charge in [-0.2, -0.15) is 0 Å². The van der Waals surface area contributed by atoms with Crippen LogP contribution in [0.25, 0.3) is 5.76 Å². The molecule has 0 aliphatic carbocycles. The van der Waals surface area contributed by atoms with E-state index in [1.165, 1.54) is 28.0 Å². The van der Waals surface area contributed by atoms with Crippen molar-refractivity contribution in [1.29, 1.82) is 0 Å². The maximum atomic E-state index is 13.6. The van der Waals surface area contributed by atoms with E-state index in [4.69, 9.17) is 14.2 Å². The number of hydrogen-bond donors (Lipinski definition) is 1. The summed E-state index contributed by atoms with van der Waals surface area (Å²) >= 11 is 2.72. The molecule has 0 unspecified atom stereocenters. The summed E-state index contributed by atoms with van der Waals surface area (Å²) in [6, 6.07) is 21.1. The summed E-state index contributed by atoms with van der Waals surface area (Å²) in [6.45, 7) is 3.31. The highest BCUT2D eigenvalue weighted by Gasteiger charge is 2.48. The van der Waals surface area contributed by atoms with Gasteiger partial charge in [-0.3, -0.25) is 14.5 Å². The number of hydrogen-bond acceptors (Lipinski definition) is 10. The number of benzene rings is 3. The third-order valence-corrected chi connectivity index (χ3v) is 8.84. The molecule has 0 saturated carbocycles. The number of fused-ring (bicyclic) bond motifs is 1. The highest BCUT2D eigenvalue weighted by molar-refractivity contribution is 8.00. The molecule has 0 spiro atoms. The van der Waals surface area contributed by atoms with Crippen molar-refractivity contribution in [2.24, 2.45) is 0 Å². The lowest BCUT2D eigenvalue weighted by molar-refractivity contribution is -0.132. The van der Waals surface area contributed by atoms with Crippen LogP contribution in [0.15, 0.2) is 82.7 Å². The van der Waals surface area contributed by atoms with E-state index in [1.807, 2.05) is 43.3 Å². The molecule has 11 heteroatoms. The van der Waals surface area contributed by atoms with Gasteiger partial charge in [0.25, 0.3) is 5.78 Å². The SMILES string of the molecule is CCCOc1cccc([C@@H]2C(=C(O)c3ccc4c(c3)OCCO4)C(=O)C(=O)N2c2nnc(SCc3ccccc3)s2)c1. The normalized spacial score (nSPS) is 17.5. The highest BCUT2D eigenvalue weighted by atomic mass is 32.2. The lowest BCUT2D eigenvalue weighted by Gasteiger charge is -2.23. The fraction of sp³-hybridized carbons (Fsp3) is 0.226. The standard InChI is InChI=1S/C31H27N3O6S2/c1-2-13-38-22-10-6-9-20(16-22)26-25(27(35)21-11-12-23-24(17-21)40-15-14-39-23)28(36)29(37)34(26)30-32-33-31(42-30)41-18-19-7-4-3-5-8-19/h3-12,16-17,26,35H,2,13-15,18H2,1H3/t26-/m1/s1. The molecule has 2 aliphatic rings. The fourth-order valence-electron chi connectivity index (χ4n) is 4.76. The largest absolute Gasteiger partial charge is 0.507 e. The Bertz CT molecular complexity index is 1660. The summed E-state index contributed by atoms with van der Waals surface area (Å²) in [5.41, 5.74) is 1.99. The second kappa shape index (κ2) is 12.3. The molecule has 0 bridgehead atoms. The topological polar surface area (TPSA) is 111 Å². The first kappa shape index (κ1) is 27.8. The zero-order valence-electron chi connectivity index (χ0n) is 22.7. The van der Waals surface area contributed by atoms with E-state index in [1.54, 1.807) is 36.4 Å². The number of anilines is 1. The molecule has 1 aromatic heterocycles. The van der Waals surface area contributed by atoms with Crippen molar-refractivity contribution in [1.82, 2.24) is 10.2 Å². The van der Waals surface area contributed by atoms with Crippen molar-refractivity contribution in [2.45, 2.75) is 29.5 Å². The molecule has 3 aromatic carbocycles. The molecule has 6 rings (SSSR count). The van der Waals surface area contributed by atoms with E-state index in [-0.39, 0.29) is 16.5 Å². The average Bonchev–Trinajstić information content (AvgIpc) is 3.60. The average molecular weight is 602 g/mol. The minimum Gasteiger partial charge on any atom is -0.507 e. The lowest BCUT2D eigenvalue weighted by Crippen LogP contribution is -2.29. The fourth-order valence-corrected chi connectivity index (χ4v) is 6.59. The van der Waals surface area contributed by atoms with E-state index < -0.39 is 17.7 Å². The summed E-state index contributed by atoms with van der Waals surface area (Å²) in [4.78, 5) is 28.5. The first-order valence-electron chi connectivity index (χ1n) is 13.5. The van der Waals surface area contributed by atoms with Crippen LogP contribution in [0.1, 0.15) is 36.1 Å². The van der Waals surface area contributed by atoms with Crippen molar-refractivity contribution < 1.29 is 28.9 Å². The van der Waals surface area contributed by atoms with Crippen molar-refractivity contribution in [3.8, 4) is 17.2 Å². The van der Waals surface area contributed by atoms with Crippen LogP contribution in [0.3, 0.4) is 0 Å². The zero-order valence-corrected chi connectivity index (χ0v) is 24.3. The number of aliphatic hydroxyl groups is 1. The molecule has 1 amide bonds. The summed E-state index contributed by atoms with van der Waals surface area (Å²) in [7, 11) is 0. The number of thioether (sulfide) groups is 1. The lowest BCUT2D eigenvalue weighted by atomic mass is 9.95. The molecule has 9 nitrogen and oxygen atoms in total. The number of ether oxygens (including phenoxy) is 3. The van der Waals surface area contributed by atoms with Gasteiger partial charge < -0.3 is 19.3 Å². The van der Waals surface area contributed by atoms with E-state index in [2.05, 4.69) is 10.2 Å². The van der Waals surface area contributed by atoms with Gasteiger partial charge in [0.1, 0.15) is 24.7 Å². The van der Waals surface area contributed by atoms with Crippen molar-refractivity contribution in [2.75, 3.05) is 24.7 Å². The molecule has 3 heterocycles. The van der Waals surface area contributed by atoms with Crippen molar-refractivity contribution in [3.05, 3.63) is 95.1 Å². The predicted molar refractivity (Wildman–Crippen MR) is 160 cm³/mol. The Hall–Kier alpha value is -4.35. The Morgan fingerprint density at radius 1 is 1.02 bits per heavy atom. The Labute approximate surface area is 250 Å². The zero-order chi connectivity index (χ0) is 29.1. The molecule has 4 aromatic rings. The monoisotopic (exact) mass is 601 g/mol. The van der Waals surface area contributed by atoms with E-state index in [0.29, 0.717) is 58.3 Å². The number of carbonyl (C=O) groups excluding carboxylic acids is 2. The maximum absolute atomic E-state index is 13.6. The Balaban J connectivity index is 1.41. The number of aromatic nitrogens is 2. The molecule has 214 valence electrons. The second-order valence-electron chi connectivity index (χ2n) is 9.57. The van der Waals surface area contributed by atoms with Gasteiger partial charge in [-0.15, -0.1) is 10.2 Å². The van der Waals surface area contributed by atoms with Crippen LogP contribution in [0, 0.1) is 0 Å². The third kappa shape index (κ3) is 5.57. The number of nitrogens with zero attached hydrogens (tertiary/aromatic N) is 3. The molecular weight excluding hydrogens is 574 g/mol. The van der Waals surface area contributed by atoms with Crippen LogP contribution in [0.2, 0.25) is 0 Å². The van der Waals surface area contributed by atoms with E-state index in [9.17, 15) is 14.7 Å². The van der Waals surface area contributed by atoms with Gasteiger partial charge in [0, 0.05) is 11.3 Å². The van der Waals surface area contributed by atoms with Gasteiger partial charge in [0.2, 0.25) is 5.13 Å². The molecule has 1 saturated heterocycles. The molecule has 42 heavy (non-hydrogen) atoms. The number of ketones is 1. The van der Waals surface area contributed by atoms with Crippen LogP contribution in [0.4, 0.5) is 5.13 Å². The molecule has 1 N–H and O–H groups in total. The highest BCUT2D eigenvalue weighted by Crippen LogP contribution is 2.45. The number of rotatable bonds is 9. The van der Waals surface area contributed by atoms with Gasteiger partial charge in [-0.05, 0) is 47.9 Å². The van der Waals surface area contributed by atoms with Gasteiger partial charge in [-0.25, -0.2) is 0 Å². The van der Waals surface area contributed by atoms with Crippen molar-refractivity contribution >= 4 is 45.7 Å². The van der Waals surface area contributed by atoms with Crippen LogP contribution in [0.5, 0.6) is 17.2 Å². The van der Waals surface area contributed by atoms with Crippen LogP contribution in [-0.2, 0) is 15.3 Å². The van der Waals surface area contributed by atoms with Crippen LogP contribution < -0.4 is 19.1 Å². The Morgan fingerprint density at radius 2 is 1.83 bits per heavy atom. The molecule has 1 fully saturated rings. The first-order valence-corrected chi connectivity index (χ1v) is 15.3. The molecular formula is C31H27N3O6S2. The summed E-state index contributed by atoms with van der Waals surface area (Å²) in [5, 5.41) is 20.4. The summed E-state index contributed by atoms with van der Waals surface area (Å²) in [6.07, 6.45) is 0.820. The molecule has 1 atom stereocenters. The number of carbonyl (C=O) groups is 2. The van der Waals surface area contributed by atoms with Gasteiger partial charge >= 0.3 is 5.91 Å². The van der Waals surface area contributed by atoms with E-state index in [0.717, 1.165) is 12.0 Å². The number of amides is 1. The predicted octanol–water partition coefficient (Wildman–Crippen LogP) is 6.02. The minimum atomic E-state index is -0.955. The summed E-state index contributed by atoms with van der Waals surface area (Å²) in [5.74, 6) is 0.339. The number of Topliss-reactive ketones (excluding diaryl/α,β-unsaturated/α-hetero) is 1. The Kier molecular flexibility index (Phi) is 8.11. The van der Waals surface area contributed by atoms with Gasteiger partial charge in [0.15, 0.2) is 15.8 Å². The third-order valence-electron chi connectivity index (χ3n) is 6.71. The second-order valence-corrected chi connectivity index (χ2v) is 11.8. The minimum absolute atomic E-state index is 0.0574. The van der Waals surface area contributed by atoms with E-state index >= 15 is 0 Å². The van der Waals surface area contributed by atoms with Gasteiger partial charge in [0.05, 0.1) is 18.2 Å². The quantitative estimate of drug-likeness (QED) is 0.0810. The summed E-state index contributed by atoms with van der Waals surface area (Å²) < 4.78 is 17.8. The van der Waals surface area contributed by atoms with Gasteiger partial charge in [-0.1, -0.05) is 72.5 Å². The maximum Gasteiger partial charge on any atom is 0.301 e. The van der Waals surface area contributed by atoms with Crippen molar-refractivity contribution in [3.63, 3.8) is 0 Å². The molecule has 0 radical (unpaired) electrons. The smallest absolute Gasteiger partial charge is 0.301 e.